The number of carbonyl (C=O) groups is 2. The van der Waals surface area contributed by atoms with Crippen LogP contribution >= 0.6 is 0 Å². The second kappa shape index (κ2) is 8.68. The molecule has 3 aromatic rings. The summed E-state index contributed by atoms with van der Waals surface area (Å²) in [6.07, 6.45) is -0.349. The molecule has 0 saturated heterocycles. The van der Waals surface area contributed by atoms with Crippen molar-refractivity contribution in [2.45, 2.75) is 32.2 Å². The first-order chi connectivity index (χ1) is 13.8. The number of aromatic nitrogens is 1. The summed E-state index contributed by atoms with van der Waals surface area (Å²) in [7, 11) is 0. The lowest BCUT2D eigenvalue weighted by atomic mass is 10.0. The van der Waals surface area contributed by atoms with Gasteiger partial charge in [0.25, 0.3) is 5.91 Å². The van der Waals surface area contributed by atoms with Crippen molar-refractivity contribution in [3.05, 3.63) is 77.4 Å². The third-order valence-corrected chi connectivity index (χ3v) is 4.37. The van der Waals surface area contributed by atoms with Crippen molar-refractivity contribution >= 4 is 11.9 Å². The van der Waals surface area contributed by atoms with Gasteiger partial charge in [0.15, 0.2) is 5.69 Å². The van der Waals surface area contributed by atoms with Crippen LogP contribution in [0.3, 0.4) is 0 Å². The number of amides is 1. The Hall–Kier alpha value is -3.48. The second-order valence-electron chi connectivity index (χ2n) is 6.93. The van der Waals surface area contributed by atoms with Crippen LogP contribution in [0.5, 0.6) is 0 Å². The predicted octanol–water partition coefficient (Wildman–Crippen LogP) is 4.55. The molecule has 0 fully saturated rings. The molecule has 1 amide bonds. The number of rotatable bonds is 7. The van der Waals surface area contributed by atoms with Crippen LogP contribution in [0.25, 0.3) is 11.5 Å². The zero-order chi connectivity index (χ0) is 21.0. The predicted molar refractivity (Wildman–Crippen MR) is 105 cm³/mol. The number of aliphatic carboxylic acids is 1. The van der Waals surface area contributed by atoms with Crippen LogP contribution in [-0.4, -0.2) is 22.0 Å². The highest BCUT2D eigenvalue weighted by atomic mass is 19.1. The molecule has 1 unspecified atom stereocenters. The zero-order valence-corrected chi connectivity index (χ0v) is 16.1. The van der Waals surface area contributed by atoms with E-state index in [0.29, 0.717) is 17.2 Å². The molecule has 0 aliphatic carbocycles. The Morgan fingerprint density at radius 3 is 2.34 bits per heavy atom. The van der Waals surface area contributed by atoms with Crippen LogP contribution in [0.15, 0.2) is 59.0 Å². The van der Waals surface area contributed by atoms with Gasteiger partial charge >= 0.3 is 5.97 Å². The van der Waals surface area contributed by atoms with Gasteiger partial charge in [-0.3, -0.25) is 9.59 Å². The van der Waals surface area contributed by atoms with Crippen molar-refractivity contribution in [2.24, 2.45) is 0 Å². The summed E-state index contributed by atoms with van der Waals surface area (Å²) in [5.41, 5.74) is 1.32. The van der Waals surface area contributed by atoms with Crippen LogP contribution < -0.4 is 5.32 Å². The van der Waals surface area contributed by atoms with Crippen LogP contribution in [0.1, 0.15) is 54.0 Å². The summed E-state index contributed by atoms with van der Waals surface area (Å²) in [4.78, 5) is 28.6. The summed E-state index contributed by atoms with van der Waals surface area (Å²) >= 11 is 0. The maximum absolute atomic E-state index is 13.2. The minimum absolute atomic E-state index is 0.107. The molecule has 3 rings (SSSR count). The van der Waals surface area contributed by atoms with E-state index in [9.17, 15) is 19.1 Å². The highest BCUT2D eigenvalue weighted by Gasteiger charge is 2.26. The van der Waals surface area contributed by atoms with E-state index in [1.165, 1.54) is 24.3 Å². The molecule has 6 nitrogen and oxygen atoms in total. The van der Waals surface area contributed by atoms with E-state index in [-0.39, 0.29) is 18.0 Å². The quantitative estimate of drug-likeness (QED) is 0.611. The molecule has 2 N–H and O–H groups in total. The van der Waals surface area contributed by atoms with E-state index in [2.05, 4.69) is 10.3 Å². The second-order valence-corrected chi connectivity index (χ2v) is 6.93. The van der Waals surface area contributed by atoms with Crippen LogP contribution in [0.2, 0.25) is 0 Å². The summed E-state index contributed by atoms with van der Waals surface area (Å²) in [5, 5.41) is 11.9. The molecule has 7 heteroatoms. The van der Waals surface area contributed by atoms with Gasteiger partial charge in [-0.15, -0.1) is 0 Å². The number of hydrogen-bond acceptors (Lipinski definition) is 4. The molecule has 1 aromatic heterocycles. The average Bonchev–Trinajstić information content (AvgIpc) is 3.14. The van der Waals surface area contributed by atoms with E-state index in [0.717, 1.165) is 5.56 Å². The van der Waals surface area contributed by atoms with Gasteiger partial charge in [0.1, 0.15) is 11.6 Å². The summed E-state index contributed by atoms with van der Waals surface area (Å²) in [6, 6.07) is 13.7. The van der Waals surface area contributed by atoms with Crippen molar-refractivity contribution in [1.29, 1.82) is 0 Å². The molecular formula is C22H21FN2O4. The van der Waals surface area contributed by atoms with Crippen molar-refractivity contribution in [2.75, 3.05) is 0 Å². The lowest BCUT2D eigenvalue weighted by molar-refractivity contribution is -0.137. The SMILES string of the molecule is CC(C)c1oc(-c2ccccc2)nc1C(=O)NC(CC(=O)O)c1ccc(F)cc1. The molecule has 0 bridgehead atoms. The normalized spacial score (nSPS) is 12.0. The first-order valence-corrected chi connectivity index (χ1v) is 9.19. The lowest BCUT2D eigenvalue weighted by Crippen LogP contribution is -2.31. The van der Waals surface area contributed by atoms with Gasteiger partial charge in [-0.1, -0.05) is 44.2 Å². The largest absolute Gasteiger partial charge is 0.481 e. The van der Waals surface area contributed by atoms with E-state index < -0.39 is 23.7 Å². The summed E-state index contributed by atoms with van der Waals surface area (Å²) < 4.78 is 19.0. The van der Waals surface area contributed by atoms with Gasteiger partial charge in [0.05, 0.1) is 12.5 Å². The molecule has 2 aromatic carbocycles. The van der Waals surface area contributed by atoms with Crippen molar-refractivity contribution < 1.29 is 23.5 Å². The third kappa shape index (κ3) is 4.87. The number of hydrogen-bond donors (Lipinski definition) is 2. The first kappa shape index (κ1) is 20.3. The highest BCUT2D eigenvalue weighted by molar-refractivity contribution is 5.94. The Bertz CT molecular complexity index is 997. The molecular weight excluding hydrogens is 375 g/mol. The van der Waals surface area contributed by atoms with E-state index >= 15 is 0 Å². The minimum Gasteiger partial charge on any atom is -0.481 e. The van der Waals surface area contributed by atoms with Gasteiger partial charge in [-0.05, 0) is 29.8 Å². The van der Waals surface area contributed by atoms with E-state index in [1.807, 2.05) is 44.2 Å². The Kier molecular flexibility index (Phi) is 6.07. The molecule has 1 heterocycles. The number of carboxylic acid groups (broad SMARTS) is 1. The molecule has 0 aliphatic rings. The van der Waals surface area contributed by atoms with Crippen LogP contribution in [0.4, 0.5) is 4.39 Å². The maximum Gasteiger partial charge on any atom is 0.305 e. The average molecular weight is 396 g/mol. The van der Waals surface area contributed by atoms with Crippen LogP contribution in [-0.2, 0) is 4.79 Å². The van der Waals surface area contributed by atoms with E-state index in [4.69, 9.17) is 4.42 Å². The van der Waals surface area contributed by atoms with Crippen molar-refractivity contribution in [3.8, 4) is 11.5 Å². The Balaban J connectivity index is 1.92. The zero-order valence-electron chi connectivity index (χ0n) is 16.1. The number of nitrogens with zero attached hydrogens (tertiary/aromatic N) is 1. The molecule has 150 valence electrons. The summed E-state index contributed by atoms with van der Waals surface area (Å²) in [5.74, 6) is -1.46. The number of benzene rings is 2. The van der Waals surface area contributed by atoms with Gasteiger partial charge in [-0.2, -0.15) is 0 Å². The van der Waals surface area contributed by atoms with Gasteiger partial charge < -0.3 is 14.8 Å². The fourth-order valence-electron chi connectivity index (χ4n) is 2.94. The molecule has 0 saturated carbocycles. The van der Waals surface area contributed by atoms with E-state index in [1.54, 1.807) is 0 Å². The minimum atomic E-state index is -1.09. The Morgan fingerprint density at radius 2 is 1.76 bits per heavy atom. The van der Waals surface area contributed by atoms with Gasteiger partial charge in [0, 0.05) is 11.5 Å². The Labute approximate surface area is 167 Å². The third-order valence-electron chi connectivity index (χ3n) is 4.37. The number of oxazole rings is 1. The molecule has 0 radical (unpaired) electrons. The van der Waals surface area contributed by atoms with Crippen molar-refractivity contribution in [3.63, 3.8) is 0 Å². The standard InChI is InChI=1S/C22H21FN2O4/c1-13(2)20-19(25-22(29-20)15-6-4-3-5-7-15)21(28)24-17(12-18(26)27)14-8-10-16(23)11-9-14/h3-11,13,17H,12H2,1-2H3,(H,24,28)(H,26,27). The smallest absolute Gasteiger partial charge is 0.305 e. The topological polar surface area (TPSA) is 92.4 Å². The van der Waals surface area contributed by atoms with Gasteiger partial charge in [0.2, 0.25) is 5.89 Å². The maximum atomic E-state index is 13.2. The summed E-state index contributed by atoms with van der Waals surface area (Å²) in [6.45, 7) is 3.75. The highest BCUT2D eigenvalue weighted by Crippen LogP contribution is 2.28. The lowest BCUT2D eigenvalue weighted by Gasteiger charge is -2.17. The van der Waals surface area contributed by atoms with Gasteiger partial charge in [-0.25, -0.2) is 9.37 Å². The monoisotopic (exact) mass is 396 g/mol. The van der Waals surface area contributed by atoms with Crippen LogP contribution in [0, 0.1) is 5.82 Å². The number of nitrogens with one attached hydrogen (secondary N) is 1. The number of carboxylic acids is 1. The molecule has 29 heavy (non-hydrogen) atoms. The molecule has 0 aliphatic heterocycles. The first-order valence-electron chi connectivity index (χ1n) is 9.19. The van der Waals surface area contributed by atoms with Crippen molar-refractivity contribution in [1.82, 2.24) is 10.3 Å². The fraction of sp³-hybridized carbons (Fsp3) is 0.227. The fourth-order valence-corrected chi connectivity index (χ4v) is 2.94. The molecule has 1 atom stereocenters. The number of carbonyl (C=O) groups excluding carboxylic acids is 1. The molecule has 0 spiro atoms. The Morgan fingerprint density at radius 1 is 1.10 bits per heavy atom. The number of halogens is 1.